The Morgan fingerprint density at radius 3 is 2.25 bits per heavy atom. The zero-order chi connectivity index (χ0) is 9.40. The molecule has 0 aromatic heterocycles. The summed E-state index contributed by atoms with van der Waals surface area (Å²) in [6.45, 7) is 8.10. The highest BCUT2D eigenvalue weighted by Gasteiger charge is 1.95. The molecule has 0 saturated heterocycles. The monoisotopic (exact) mass is 175 g/mol. The van der Waals surface area contributed by atoms with Gasteiger partial charge in [0.1, 0.15) is 0 Å². The van der Waals surface area contributed by atoms with Crippen molar-refractivity contribution in [3.8, 4) is 0 Å². The lowest BCUT2D eigenvalue weighted by molar-refractivity contribution is 0.0182. The van der Waals surface area contributed by atoms with E-state index in [1.165, 1.54) is 0 Å². The topological polar surface area (TPSA) is 44.5 Å². The van der Waals surface area contributed by atoms with E-state index in [9.17, 15) is 0 Å². The molecule has 74 valence electrons. The van der Waals surface area contributed by atoms with Crippen LogP contribution in [0.4, 0.5) is 0 Å². The molecular weight excluding hydrogens is 154 g/mol. The Morgan fingerprint density at radius 1 is 1.08 bits per heavy atom. The molecule has 0 aliphatic carbocycles. The normalized spacial score (nSPS) is 13.8. The van der Waals surface area contributed by atoms with Crippen LogP contribution in [-0.2, 0) is 9.47 Å². The van der Waals surface area contributed by atoms with Crippen LogP contribution < -0.4 is 5.73 Å². The van der Waals surface area contributed by atoms with Crippen LogP contribution in [0.15, 0.2) is 0 Å². The molecule has 0 rings (SSSR count). The Labute approximate surface area is 75.2 Å². The molecule has 0 aliphatic heterocycles. The lowest BCUT2D eigenvalue weighted by Gasteiger charge is -2.08. The third-order valence-electron chi connectivity index (χ3n) is 1.40. The predicted molar refractivity (Wildman–Crippen MR) is 50.2 cm³/mol. The van der Waals surface area contributed by atoms with Gasteiger partial charge in [-0.05, 0) is 27.2 Å². The van der Waals surface area contributed by atoms with Crippen molar-refractivity contribution in [1.82, 2.24) is 0 Å². The number of nitrogens with two attached hydrogens (primary N) is 1. The van der Waals surface area contributed by atoms with Gasteiger partial charge in [0.15, 0.2) is 0 Å². The van der Waals surface area contributed by atoms with Gasteiger partial charge in [0.2, 0.25) is 0 Å². The summed E-state index contributed by atoms with van der Waals surface area (Å²) in [6.07, 6.45) is 1.21. The summed E-state index contributed by atoms with van der Waals surface area (Å²) in [4.78, 5) is 0. The highest BCUT2D eigenvalue weighted by molar-refractivity contribution is 4.50. The maximum atomic E-state index is 5.54. The molecule has 0 saturated carbocycles. The molecule has 1 unspecified atom stereocenters. The molecule has 2 N–H and O–H groups in total. The maximum absolute atomic E-state index is 5.54. The van der Waals surface area contributed by atoms with Gasteiger partial charge in [-0.2, -0.15) is 0 Å². The zero-order valence-corrected chi connectivity index (χ0v) is 8.38. The van der Waals surface area contributed by atoms with Crippen LogP contribution >= 0.6 is 0 Å². The Hall–Kier alpha value is -0.120. The molecule has 0 bridgehead atoms. The van der Waals surface area contributed by atoms with Gasteiger partial charge in [-0.15, -0.1) is 0 Å². The van der Waals surface area contributed by atoms with E-state index in [1.54, 1.807) is 0 Å². The smallest absolute Gasteiger partial charge is 0.0703 e. The fourth-order valence-electron chi connectivity index (χ4n) is 0.714. The first-order valence-electron chi connectivity index (χ1n) is 4.58. The second kappa shape index (κ2) is 7.53. The summed E-state index contributed by atoms with van der Waals surface area (Å²) in [5.41, 5.74) is 5.54. The minimum atomic E-state index is 0.232. The predicted octanol–water partition coefficient (Wildman–Crippen LogP) is 1.17. The molecular formula is C9H21NO2. The summed E-state index contributed by atoms with van der Waals surface area (Å²) in [6, 6.07) is 0.232. The first-order chi connectivity index (χ1) is 5.63. The second-order valence-electron chi connectivity index (χ2n) is 3.30. The Balaban J connectivity index is 2.91. The number of rotatable bonds is 7. The van der Waals surface area contributed by atoms with Crippen LogP contribution in [0, 0.1) is 0 Å². The molecule has 0 amide bonds. The summed E-state index contributed by atoms with van der Waals surface area (Å²) in [5, 5.41) is 0. The van der Waals surface area contributed by atoms with E-state index in [4.69, 9.17) is 15.2 Å². The van der Waals surface area contributed by atoms with Crippen LogP contribution in [0.25, 0.3) is 0 Å². The molecule has 0 aliphatic rings. The number of hydrogen-bond acceptors (Lipinski definition) is 3. The van der Waals surface area contributed by atoms with Crippen molar-refractivity contribution in [2.45, 2.75) is 39.3 Å². The summed E-state index contributed by atoms with van der Waals surface area (Å²) in [5.74, 6) is 0. The molecule has 0 radical (unpaired) electrons. The van der Waals surface area contributed by atoms with Gasteiger partial charge in [0.05, 0.1) is 19.3 Å². The molecule has 12 heavy (non-hydrogen) atoms. The van der Waals surface area contributed by atoms with E-state index in [2.05, 4.69) is 0 Å². The molecule has 0 fully saturated rings. The molecule has 3 nitrogen and oxygen atoms in total. The van der Waals surface area contributed by atoms with Gasteiger partial charge in [0.25, 0.3) is 0 Å². The Kier molecular flexibility index (Phi) is 7.45. The van der Waals surface area contributed by atoms with E-state index in [1.807, 2.05) is 20.8 Å². The average Bonchev–Trinajstić information content (AvgIpc) is 1.95. The summed E-state index contributed by atoms with van der Waals surface area (Å²) >= 11 is 0. The fourth-order valence-corrected chi connectivity index (χ4v) is 0.714. The van der Waals surface area contributed by atoms with Crippen LogP contribution in [0.5, 0.6) is 0 Å². The third kappa shape index (κ3) is 9.88. The molecule has 0 aromatic rings. The van der Waals surface area contributed by atoms with Crippen molar-refractivity contribution in [1.29, 1.82) is 0 Å². The number of hydrogen-bond donors (Lipinski definition) is 1. The minimum Gasteiger partial charge on any atom is -0.379 e. The molecule has 0 spiro atoms. The van der Waals surface area contributed by atoms with Crippen molar-refractivity contribution in [2.75, 3.05) is 19.8 Å². The highest BCUT2D eigenvalue weighted by atomic mass is 16.5. The summed E-state index contributed by atoms with van der Waals surface area (Å²) in [7, 11) is 0. The van der Waals surface area contributed by atoms with E-state index in [0.717, 1.165) is 13.0 Å². The molecule has 0 heterocycles. The molecule has 3 heteroatoms. The van der Waals surface area contributed by atoms with E-state index in [0.29, 0.717) is 19.3 Å². The van der Waals surface area contributed by atoms with Gasteiger partial charge >= 0.3 is 0 Å². The molecule has 1 atom stereocenters. The van der Waals surface area contributed by atoms with Crippen molar-refractivity contribution in [2.24, 2.45) is 5.73 Å². The quantitative estimate of drug-likeness (QED) is 0.591. The highest BCUT2D eigenvalue weighted by Crippen LogP contribution is 1.90. The van der Waals surface area contributed by atoms with Crippen molar-refractivity contribution < 1.29 is 9.47 Å². The van der Waals surface area contributed by atoms with E-state index < -0.39 is 0 Å². The fraction of sp³-hybridized carbons (Fsp3) is 1.00. The van der Waals surface area contributed by atoms with Crippen molar-refractivity contribution in [3.63, 3.8) is 0 Å². The SMILES string of the molecule is CC(N)CCOCCOC(C)C. The van der Waals surface area contributed by atoms with Crippen LogP contribution in [0.1, 0.15) is 27.2 Å². The zero-order valence-electron chi connectivity index (χ0n) is 8.38. The Bertz CT molecular complexity index is 82.5. The van der Waals surface area contributed by atoms with Crippen LogP contribution in [-0.4, -0.2) is 32.0 Å². The van der Waals surface area contributed by atoms with Crippen molar-refractivity contribution in [3.05, 3.63) is 0 Å². The number of ether oxygens (including phenoxy) is 2. The van der Waals surface area contributed by atoms with Crippen LogP contribution in [0.3, 0.4) is 0 Å². The summed E-state index contributed by atoms with van der Waals surface area (Å²) < 4.78 is 10.6. The lowest BCUT2D eigenvalue weighted by Crippen LogP contribution is -2.18. The minimum absolute atomic E-state index is 0.232. The first kappa shape index (κ1) is 11.9. The lowest BCUT2D eigenvalue weighted by atomic mass is 10.3. The van der Waals surface area contributed by atoms with Gasteiger partial charge in [-0.1, -0.05) is 0 Å². The largest absolute Gasteiger partial charge is 0.379 e. The average molecular weight is 175 g/mol. The van der Waals surface area contributed by atoms with E-state index in [-0.39, 0.29) is 6.04 Å². The maximum Gasteiger partial charge on any atom is 0.0703 e. The standard InChI is InChI=1S/C9H21NO2/c1-8(2)12-7-6-11-5-4-9(3)10/h8-9H,4-7,10H2,1-3H3. The second-order valence-corrected chi connectivity index (χ2v) is 3.30. The van der Waals surface area contributed by atoms with Crippen molar-refractivity contribution >= 4 is 0 Å². The molecule has 0 aromatic carbocycles. The van der Waals surface area contributed by atoms with Crippen LogP contribution in [0.2, 0.25) is 0 Å². The third-order valence-corrected chi connectivity index (χ3v) is 1.40. The van der Waals surface area contributed by atoms with Gasteiger partial charge in [-0.3, -0.25) is 0 Å². The van der Waals surface area contributed by atoms with Gasteiger partial charge < -0.3 is 15.2 Å². The van der Waals surface area contributed by atoms with Gasteiger partial charge in [0, 0.05) is 12.6 Å². The van der Waals surface area contributed by atoms with E-state index >= 15 is 0 Å². The Morgan fingerprint density at radius 2 is 1.75 bits per heavy atom. The van der Waals surface area contributed by atoms with Gasteiger partial charge in [-0.25, -0.2) is 0 Å². The first-order valence-corrected chi connectivity index (χ1v) is 4.58.